The fraction of sp³-hybridized carbons (Fsp3) is 0.346. The number of fused-ring (bicyclic) bond motifs is 1. The van der Waals surface area contributed by atoms with E-state index >= 15 is 0 Å². The predicted octanol–water partition coefficient (Wildman–Crippen LogP) is 5.11. The third-order valence-corrected chi connectivity index (χ3v) is 7.93. The maximum absolute atomic E-state index is 13.0. The number of nitrogens with zero attached hydrogens (tertiary/aromatic N) is 2. The second-order valence-electron chi connectivity index (χ2n) is 8.73. The van der Waals surface area contributed by atoms with Gasteiger partial charge in [-0.3, -0.25) is 19.3 Å². The number of benzene rings is 2. The predicted molar refractivity (Wildman–Crippen MR) is 134 cm³/mol. The fourth-order valence-corrected chi connectivity index (χ4v) is 6.08. The van der Waals surface area contributed by atoms with Crippen LogP contribution in [-0.4, -0.2) is 27.5 Å². The molecule has 1 fully saturated rings. The van der Waals surface area contributed by atoms with Crippen molar-refractivity contribution in [2.45, 2.75) is 54.7 Å². The molecular formula is C26H27N3O4S. The minimum Gasteiger partial charge on any atom is -0.497 e. The second-order valence-corrected chi connectivity index (χ2v) is 9.97. The van der Waals surface area contributed by atoms with Gasteiger partial charge in [-0.05, 0) is 42.7 Å². The van der Waals surface area contributed by atoms with Crippen LogP contribution >= 0.6 is 11.8 Å². The highest BCUT2D eigenvalue weighted by atomic mass is 32.2. The normalized spacial score (nSPS) is 18.6. The summed E-state index contributed by atoms with van der Waals surface area (Å²) in [6.07, 6.45) is 5.14. The van der Waals surface area contributed by atoms with E-state index in [9.17, 15) is 14.7 Å². The standard InChI is InChI=1S/C26H27N3O4S/c1-33-18-13-11-16(12-14-18)22-15-20(27-19-9-5-6-10-21(19)34-22)23-24(30)28-26(32)29(25(23)31)17-7-3-2-4-8-17/h5-6,9-14,17,22,31H,2-4,7-8,15H2,1H3,(H,28,30,32)/t22-/m0/s1. The molecule has 3 aromatic rings. The number of aliphatic imine (C=N–C) groups is 1. The topological polar surface area (TPSA) is 96.7 Å². The van der Waals surface area contributed by atoms with E-state index in [1.54, 1.807) is 18.9 Å². The Morgan fingerprint density at radius 1 is 1.06 bits per heavy atom. The van der Waals surface area contributed by atoms with Gasteiger partial charge in [0.2, 0.25) is 5.88 Å². The average Bonchev–Trinajstić information content (AvgIpc) is 3.04. The Hall–Kier alpha value is -3.26. The van der Waals surface area contributed by atoms with Gasteiger partial charge >= 0.3 is 5.69 Å². The van der Waals surface area contributed by atoms with Gasteiger partial charge in [0.25, 0.3) is 5.56 Å². The van der Waals surface area contributed by atoms with E-state index in [0.29, 0.717) is 12.1 Å². The first-order chi connectivity index (χ1) is 16.5. The smallest absolute Gasteiger partial charge is 0.331 e. The lowest BCUT2D eigenvalue weighted by Crippen LogP contribution is -2.36. The van der Waals surface area contributed by atoms with Gasteiger partial charge in [-0.25, -0.2) is 4.79 Å². The van der Waals surface area contributed by atoms with Crippen molar-refractivity contribution in [2.24, 2.45) is 4.99 Å². The lowest BCUT2D eigenvalue weighted by molar-refractivity contribution is 0.298. The van der Waals surface area contributed by atoms with E-state index in [1.807, 2.05) is 48.5 Å². The summed E-state index contributed by atoms with van der Waals surface area (Å²) in [5, 5.41) is 11.2. The summed E-state index contributed by atoms with van der Waals surface area (Å²) < 4.78 is 6.67. The highest BCUT2D eigenvalue weighted by molar-refractivity contribution is 7.99. The van der Waals surface area contributed by atoms with Crippen molar-refractivity contribution in [3.8, 4) is 11.6 Å². The first kappa shape index (κ1) is 22.5. The van der Waals surface area contributed by atoms with E-state index < -0.39 is 11.2 Å². The molecule has 2 aliphatic rings. The quantitative estimate of drug-likeness (QED) is 0.544. The third kappa shape index (κ3) is 4.30. The number of H-pyrrole nitrogens is 1. The van der Waals surface area contributed by atoms with E-state index in [4.69, 9.17) is 9.73 Å². The number of ether oxygens (including phenoxy) is 1. The number of hydrogen-bond donors (Lipinski definition) is 2. The summed E-state index contributed by atoms with van der Waals surface area (Å²) in [6, 6.07) is 15.5. The Morgan fingerprint density at radius 2 is 1.79 bits per heavy atom. The fourth-order valence-electron chi connectivity index (χ4n) is 4.85. The van der Waals surface area contributed by atoms with Gasteiger partial charge in [0.05, 0.1) is 18.5 Å². The molecule has 2 aromatic carbocycles. The number of rotatable bonds is 4. The molecule has 1 atom stereocenters. The molecule has 176 valence electrons. The van der Waals surface area contributed by atoms with E-state index in [2.05, 4.69) is 4.98 Å². The number of aromatic hydroxyl groups is 1. The highest BCUT2D eigenvalue weighted by Crippen LogP contribution is 2.46. The Kier molecular flexibility index (Phi) is 6.32. The van der Waals surface area contributed by atoms with E-state index in [0.717, 1.165) is 54.0 Å². The van der Waals surface area contributed by atoms with Crippen LogP contribution in [0.5, 0.6) is 11.6 Å². The van der Waals surface area contributed by atoms with Crippen LogP contribution in [0.3, 0.4) is 0 Å². The maximum atomic E-state index is 13.0. The molecule has 0 radical (unpaired) electrons. The van der Waals surface area contributed by atoms with Gasteiger partial charge in [0.1, 0.15) is 11.3 Å². The van der Waals surface area contributed by atoms with Crippen molar-refractivity contribution in [1.82, 2.24) is 9.55 Å². The first-order valence-electron chi connectivity index (χ1n) is 11.6. The highest BCUT2D eigenvalue weighted by Gasteiger charge is 2.29. The van der Waals surface area contributed by atoms with Crippen LogP contribution in [0, 0.1) is 0 Å². The van der Waals surface area contributed by atoms with Crippen molar-refractivity contribution in [3.63, 3.8) is 0 Å². The minimum absolute atomic E-state index is 0.0397. The first-order valence-corrected chi connectivity index (χ1v) is 12.5. The van der Waals surface area contributed by atoms with Crippen LogP contribution in [0.4, 0.5) is 5.69 Å². The molecule has 34 heavy (non-hydrogen) atoms. The van der Waals surface area contributed by atoms with Crippen molar-refractivity contribution in [2.75, 3.05) is 7.11 Å². The molecule has 0 amide bonds. The Balaban J connectivity index is 1.63. The Morgan fingerprint density at radius 3 is 2.53 bits per heavy atom. The zero-order chi connectivity index (χ0) is 23.7. The van der Waals surface area contributed by atoms with Crippen molar-refractivity contribution in [1.29, 1.82) is 0 Å². The third-order valence-electron chi connectivity index (χ3n) is 6.60. The molecule has 1 aliphatic carbocycles. The van der Waals surface area contributed by atoms with Gasteiger partial charge in [-0.15, -0.1) is 11.8 Å². The van der Waals surface area contributed by atoms with E-state index in [-0.39, 0.29) is 22.7 Å². The van der Waals surface area contributed by atoms with E-state index in [1.165, 1.54) is 4.57 Å². The molecule has 2 heterocycles. The summed E-state index contributed by atoms with van der Waals surface area (Å²) >= 11 is 1.67. The molecule has 0 unspecified atom stereocenters. The Bertz CT molecular complexity index is 1340. The van der Waals surface area contributed by atoms with Gasteiger partial charge in [0, 0.05) is 22.6 Å². The number of aromatic amines is 1. The number of para-hydroxylation sites is 1. The molecule has 1 aromatic heterocycles. The summed E-state index contributed by atoms with van der Waals surface area (Å²) in [5.41, 5.74) is 1.20. The molecule has 7 nitrogen and oxygen atoms in total. The molecule has 2 N–H and O–H groups in total. The molecule has 1 saturated carbocycles. The zero-order valence-electron chi connectivity index (χ0n) is 19.0. The SMILES string of the molecule is COc1ccc([C@@H]2CC(c3c(O)n(C4CCCCC4)c(=O)[nH]c3=O)=Nc3ccccc3S2)cc1. The number of thioether (sulfide) groups is 1. The van der Waals surface area contributed by atoms with Crippen LogP contribution < -0.4 is 16.0 Å². The molecular weight excluding hydrogens is 450 g/mol. The number of aromatic nitrogens is 2. The van der Waals surface area contributed by atoms with Crippen molar-refractivity contribution < 1.29 is 9.84 Å². The number of nitrogens with one attached hydrogen (secondary N) is 1. The molecule has 0 saturated heterocycles. The van der Waals surface area contributed by atoms with Crippen LogP contribution in [0.15, 0.2) is 68.0 Å². The summed E-state index contributed by atoms with van der Waals surface area (Å²) in [4.78, 5) is 34.0. The molecule has 8 heteroatoms. The van der Waals surface area contributed by atoms with Gasteiger partial charge in [-0.1, -0.05) is 43.5 Å². The zero-order valence-corrected chi connectivity index (χ0v) is 19.8. The number of methoxy groups -OCH3 is 1. The molecule has 0 spiro atoms. The van der Waals surface area contributed by atoms with Crippen LogP contribution in [0.1, 0.15) is 60.9 Å². The van der Waals surface area contributed by atoms with Crippen LogP contribution in [0.25, 0.3) is 0 Å². The largest absolute Gasteiger partial charge is 0.497 e. The monoisotopic (exact) mass is 477 g/mol. The lowest BCUT2D eigenvalue weighted by atomic mass is 9.95. The summed E-state index contributed by atoms with van der Waals surface area (Å²) in [7, 11) is 1.63. The molecule has 0 bridgehead atoms. The molecule has 5 rings (SSSR count). The second kappa shape index (κ2) is 9.54. The molecule has 1 aliphatic heterocycles. The summed E-state index contributed by atoms with van der Waals surface area (Å²) in [6.45, 7) is 0. The van der Waals surface area contributed by atoms with Crippen molar-refractivity contribution >= 4 is 23.2 Å². The maximum Gasteiger partial charge on any atom is 0.331 e. The van der Waals surface area contributed by atoms with Gasteiger partial charge < -0.3 is 9.84 Å². The summed E-state index contributed by atoms with van der Waals surface area (Å²) in [5.74, 6) is 0.488. The average molecular weight is 478 g/mol. The van der Waals surface area contributed by atoms with Crippen molar-refractivity contribution in [3.05, 3.63) is 80.5 Å². The van der Waals surface area contributed by atoms with Crippen LogP contribution in [-0.2, 0) is 0 Å². The van der Waals surface area contributed by atoms with Gasteiger partial charge in [-0.2, -0.15) is 0 Å². The van der Waals surface area contributed by atoms with Gasteiger partial charge in [0.15, 0.2) is 0 Å². The van der Waals surface area contributed by atoms with Crippen LogP contribution in [0.2, 0.25) is 0 Å². The Labute approximate surface area is 201 Å². The lowest BCUT2D eigenvalue weighted by Gasteiger charge is -2.25. The minimum atomic E-state index is -0.605. The number of hydrogen-bond acceptors (Lipinski definition) is 6.